The fourth-order valence-corrected chi connectivity index (χ4v) is 2.05. The van der Waals surface area contributed by atoms with Gasteiger partial charge in [0.15, 0.2) is 0 Å². The molecule has 0 aliphatic rings. The minimum Gasteiger partial charge on any atom is -0.344 e. The van der Waals surface area contributed by atoms with Crippen molar-refractivity contribution in [2.24, 2.45) is 0 Å². The molecule has 2 rings (SSSR count). The number of rotatable bonds is 4. The quantitative estimate of drug-likeness (QED) is 0.943. The normalized spacial score (nSPS) is 12.3. The van der Waals surface area contributed by atoms with Gasteiger partial charge in [-0.1, -0.05) is 13.8 Å². The molecule has 0 fully saturated rings. The fraction of sp³-hybridized carbons (Fsp3) is 0.375. The predicted octanol–water partition coefficient (Wildman–Crippen LogP) is 2.93. The Balaban J connectivity index is 2.17. The van der Waals surface area contributed by atoms with Crippen molar-refractivity contribution in [3.05, 3.63) is 53.1 Å². The van der Waals surface area contributed by atoms with E-state index in [0.29, 0.717) is 17.1 Å². The zero-order valence-corrected chi connectivity index (χ0v) is 13.1. The Hall–Kier alpha value is -2.37. The van der Waals surface area contributed by atoms with E-state index in [4.69, 9.17) is 0 Å². The van der Waals surface area contributed by atoms with E-state index in [2.05, 4.69) is 20.3 Å². The second-order valence-corrected chi connectivity index (χ2v) is 5.45. The molecule has 0 aliphatic heterocycles. The van der Waals surface area contributed by atoms with E-state index < -0.39 is 11.9 Å². The number of carbonyl (C=O) groups is 1. The number of amides is 1. The van der Waals surface area contributed by atoms with Gasteiger partial charge in [0.25, 0.3) is 5.91 Å². The molecular weight excluding hydrogens is 283 g/mol. The predicted molar refractivity (Wildman–Crippen MR) is 80.9 cm³/mol. The molecule has 0 radical (unpaired) electrons. The zero-order valence-electron chi connectivity index (χ0n) is 13.1. The fourth-order valence-electron chi connectivity index (χ4n) is 2.05. The average Bonchev–Trinajstić information content (AvgIpc) is 2.47. The van der Waals surface area contributed by atoms with Crippen LogP contribution in [0.2, 0.25) is 0 Å². The molecule has 1 atom stereocenters. The van der Waals surface area contributed by atoms with Gasteiger partial charge < -0.3 is 5.32 Å². The summed E-state index contributed by atoms with van der Waals surface area (Å²) in [7, 11) is 0. The third-order valence-electron chi connectivity index (χ3n) is 3.30. The van der Waals surface area contributed by atoms with Crippen molar-refractivity contribution in [1.29, 1.82) is 0 Å². The van der Waals surface area contributed by atoms with Crippen LogP contribution in [0.4, 0.5) is 4.39 Å². The molecule has 2 aromatic heterocycles. The first kappa shape index (κ1) is 16.0. The van der Waals surface area contributed by atoms with Crippen LogP contribution in [0.3, 0.4) is 0 Å². The number of hydrogen-bond donors (Lipinski definition) is 1. The van der Waals surface area contributed by atoms with Gasteiger partial charge in [-0.3, -0.25) is 9.78 Å². The Morgan fingerprint density at radius 2 is 2.00 bits per heavy atom. The summed E-state index contributed by atoms with van der Waals surface area (Å²) in [6, 6.07) is 2.28. The second kappa shape index (κ2) is 6.60. The Kier molecular flexibility index (Phi) is 4.80. The summed E-state index contributed by atoms with van der Waals surface area (Å²) >= 11 is 0. The highest BCUT2D eigenvalue weighted by Crippen LogP contribution is 2.15. The van der Waals surface area contributed by atoms with Gasteiger partial charge >= 0.3 is 0 Å². The Morgan fingerprint density at radius 3 is 2.59 bits per heavy atom. The van der Waals surface area contributed by atoms with Gasteiger partial charge in [0.05, 0.1) is 23.0 Å². The van der Waals surface area contributed by atoms with Crippen LogP contribution in [0.1, 0.15) is 60.3 Å². The molecule has 0 spiro atoms. The van der Waals surface area contributed by atoms with E-state index in [9.17, 15) is 9.18 Å². The lowest BCUT2D eigenvalue weighted by Crippen LogP contribution is -2.29. The van der Waals surface area contributed by atoms with Gasteiger partial charge in [-0.2, -0.15) is 0 Å². The minimum absolute atomic E-state index is 0.192. The van der Waals surface area contributed by atoms with Crippen LogP contribution >= 0.6 is 0 Å². The molecule has 0 aliphatic carbocycles. The first-order chi connectivity index (χ1) is 10.4. The first-order valence-corrected chi connectivity index (χ1v) is 7.15. The van der Waals surface area contributed by atoms with Gasteiger partial charge in [0.1, 0.15) is 11.6 Å². The highest BCUT2D eigenvalue weighted by molar-refractivity contribution is 5.95. The number of halogens is 1. The number of pyridine rings is 1. The molecule has 0 saturated heterocycles. The molecule has 116 valence electrons. The first-order valence-electron chi connectivity index (χ1n) is 7.15. The Labute approximate surface area is 129 Å². The Bertz CT molecular complexity index is 688. The molecule has 6 heteroatoms. The maximum Gasteiger partial charge on any atom is 0.255 e. The molecule has 2 heterocycles. The van der Waals surface area contributed by atoms with Crippen molar-refractivity contribution < 1.29 is 9.18 Å². The van der Waals surface area contributed by atoms with Gasteiger partial charge in [-0.15, -0.1) is 0 Å². The standard InChI is InChI=1S/C16H19FN4O/c1-9(2)15-19-8-12(10(3)20-15)16(22)21-11(4)14-13(17)6-5-7-18-14/h5-9,11H,1-4H3,(H,21,22). The van der Waals surface area contributed by atoms with Crippen LogP contribution in [0.15, 0.2) is 24.5 Å². The molecule has 1 N–H and O–H groups in total. The van der Waals surface area contributed by atoms with Crippen LogP contribution in [-0.4, -0.2) is 20.9 Å². The van der Waals surface area contributed by atoms with Gasteiger partial charge in [-0.05, 0) is 26.0 Å². The summed E-state index contributed by atoms with van der Waals surface area (Å²) in [6.07, 6.45) is 3.00. The maximum absolute atomic E-state index is 13.7. The second-order valence-electron chi connectivity index (χ2n) is 5.45. The van der Waals surface area contributed by atoms with E-state index in [1.54, 1.807) is 13.8 Å². The molecule has 0 aromatic carbocycles. The molecule has 2 aromatic rings. The highest BCUT2D eigenvalue weighted by Gasteiger charge is 2.18. The monoisotopic (exact) mass is 302 g/mol. The largest absolute Gasteiger partial charge is 0.344 e. The molecule has 0 bridgehead atoms. The van der Waals surface area contributed by atoms with E-state index in [1.165, 1.54) is 24.5 Å². The number of aromatic nitrogens is 3. The van der Waals surface area contributed by atoms with Gasteiger partial charge in [0.2, 0.25) is 0 Å². The van der Waals surface area contributed by atoms with Crippen molar-refractivity contribution in [3.63, 3.8) is 0 Å². The topological polar surface area (TPSA) is 67.8 Å². The SMILES string of the molecule is Cc1nc(C(C)C)ncc1C(=O)NC(C)c1ncccc1F. The van der Waals surface area contributed by atoms with Crippen LogP contribution in [0, 0.1) is 12.7 Å². The van der Waals surface area contributed by atoms with E-state index in [1.807, 2.05) is 13.8 Å². The van der Waals surface area contributed by atoms with Crippen LogP contribution in [0.25, 0.3) is 0 Å². The summed E-state index contributed by atoms with van der Waals surface area (Å²) in [5.74, 6) is 0.0963. The zero-order chi connectivity index (χ0) is 16.3. The summed E-state index contributed by atoms with van der Waals surface area (Å²) in [4.78, 5) is 24.8. The lowest BCUT2D eigenvalue weighted by molar-refractivity contribution is 0.0937. The number of hydrogen-bond acceptors (Lipinski definition) is 4. The third-order valence-corrected chi connectivity index (χ3v) is 3.30. The molecule has 22 heavy (non-hydrogen) atoms. The number of nitrogens with zero attached hydrogens (tertiary/aromatic N) is 3. The minimum atomic E-state index is -0.544. The number of aryl methyl sites for hydroxylation is 1. The van der Waals surface area contributed by atoms with Gasteiger partial charge in [0, 0.05) is 18.3 Å². The molecule has 1 amide bonds. The molecule has 0 saturated carbocycles. The van der Waals surface area contributed by atoms with Crippen LogP contribution < -0.4 is 5.32 Å². The summed E-state index contributed by atoms with van der Waals surface area (Å²) < 4.78 is 13.7. The number of carbonyl (C=O) groups excluding carboxylic acids is 1. The van der Waals surface area contributed by atoms with Crippen molar-refractivity contribution in [2.75, 3.05) is 0 Å². The van der Waals surface area contributed by atoms with Crippen molar-refractivity contribution in [1.82, 2.24) is 20.3 Å². The average molecular weight is 302 g/mol. The van der Waals surface area contributed by atoms with Crippen molar-refractivity contribution in [3.8, 4) is 0 Å². The summed E-state index contributed by atoms with van der Waals surface area (Å²) in [5.41, 5.74) is 1.19. The van der Waals surface area contributed by atoms with E-state index in [0.717, 1.165) is 0 Å². The summed E-state index contributed by atoms with van der Waals surface area (Å²) in [6.45, 7) is 7.41. The molecule has 1 unspecified atom stereocenters. The highest BCUT2D eigenvalue weighted by atomic mass is 19.1. The maximum atomic E-state index is 13.7. The lowest BCUT2D eigenvalue weighted by atomic mass is 10.1. The van der Waals surface area contributed by atoms with E-state index >= 15 is 0 Å². The number of nitrogens with one attached hydrogen (secondary N) is 1. The van der Waals surface area contributed by atoms with Crippen LogP contribution in [-0.2, 0) is 0 Å². The molecule has 5 nitrogen and oxygen atoms in total. The van der Waals surface area contributed by atoms with Crippen molar-refractivity contribution >= 4 is 5.91 Å². The summed E-state index contributed by atoms with van der Waals surface area (Å²) in [5, 5.41) is 2.72. The molecular formula is C16H19FN4O. The van der Waals surface area contributed by atoms with Crippen LogP contribution in [0.5, 0.6) is 0 Å². The van der Waals surface area contributed by atoms with Gasteiger partial charge in [-0.25, -0.2) is 14.4 Å². The third kappa shape index (κ3) is 3.44. The van der Waals surface area contributed by atoms with E-state index in [-0.39, 0.29) is 17.5 Å². The Morgan fingerprint density at radius 1 is 1.27 bits per heavy atom. The van der Waals surface area contributed by atoms with Crippen molar-refractivity contribution in [2.45, 2.75) is 39.7 Å². The smallest absolute Gasteiger partial charge is 0.255 e. The lowest BCUT2D eigenvalue weighted by Gasteiger charge is -2.15.